The van der Waals surface area contributed by atoms with Gasteiger partial charge in [-0.15, -0.1) is 0 Å². The zero-order valence-electron chi connectivity index (χ0n) is 14.2. The second-order valence-electron chi connectivity index (χ2n) is 7.44. The molecule has 1 aromatic carbocycles. The lowest BCUT2D eigenvalue weighted by atomic mass is 9.79. The molecule has 0 aromatic heterocycles. The van der Waals surface area contributed by atoms with Crippen molar-refractivity contribution in [2.24, 2.45) is 23.7 Å². The molecule has 1 aliphatic heterocycles. The molecular weight excluding hydrogens is 322 g/mol. The molecule has 1 aromatic rings. The molecule has 3 fully saturated rings. The molecule has 2 saturated carbocycles. The Labute approximate surface area is 145 Å². The minimum atomic E-state index is -0.388. The number of ether oxygens (including phenoxy) is 2. The van der Waals surface area contributed by atoms with E-state index in [0.29, 0.717) is 11.3 Å². The first-order valence-electron chi connectivity index (χ1n) is 8.76. The van der Waals surface area contributed by atoms with Gasteiger partial charge in [-0.1, -0.05) is 0 Å². The maximum absolute atomic E-state index is 12.7. The molecule has 5 atom stereocenters. The van der Waals surface area contributed by atoms with Crippen molar-refractivity contribution in [1.82, 2.24) is 0 Å². The minimum absolute atomic E-state index is 0.0257. The first-order valence-corrected chi connectivity index (χ1v) is 8.76. The number of amides is 1. The van der Waals surface area contributed by atoms with Crippen LogP contribution in [0.4, 0.5) is 5.69 Å². The van der Waals surface area contributed by atoms with Gasteiger partial charge in [0.05, 0.1) is 23.5 Å². The average Bonchev–Trinajstić information content (AvgIpc) is 3.16. The number of benzene rings is 1. The molecule has 1 amide bonds. The maximum atomic E-state index is 12.7. The van der Waals surface area contributed by atoms with Crippen molar-refractivity contribution in [3.63, 3.8) is 0 Å². The van der Waals surface area contributed by atoms with Crippen LogP contribution in [0.1, 0.15) is 37.0 Å². The normalized spacial score (nSPS) is 32.0. The van der Waals surface area contributed by atoms with Crippen LogP contribution < -0.4 is 5.32 Å². The van der Waals surface area contributed by atoms with E-state index in [9.17, 15) is 14.4 Å². The third kappa shape index (κ3) is 2.69. The topological polar surface area (TPSA) is 81.7 Å². The van der Waals surface area contributed by atoms with Gasteiger partial charge < -0.3 is 14.8 Å². The predicted molar refractivity (Wildman–Crippen MR) is 88.7 cm³/mol. The summed E-state index contributed by atoms with van der Waals surface area (Å²) in [6.07, 6.45) is 1.54. The molecule has 132 valence electrons. The number of esters is 2. The molecule has 2 bridgehead atoms. The van der Waals surface area contributed by atoms with Gasteiger partial charge in [-0.2, -0.15) is 0 Å². The van der Waals surface area contributed by atoms with Gasteiger partial charge in [0.1, 0.15) is 6.10 Å². The third-order valence-corrected chi connectivity index (χ3v) is 5.52. The van der Waals surface area contributed by atoms with E-state index < -0.39 is 0 Å². The minimum Gasteiger partial charge on any atom is -0.462 e. The van der Waals surface area contributed by atoms with E-state index in [2.05, 4.69) is 5.32 Å². The Morgan fingerprint density at radius 1 is 1.20 bits per heavy atom. The van der Waals surface area contributed by atoms with Crippen LogP contribution in [-0.4, -0.2) is 30.1 Å². The van der Waals surface area contributed by atoms with Crippen molar-refractivity contribution < 1.29 is 23.9 Å². The van der Waals surface area contributed by atoms with E-state index in [1.54, 1.807) is 38.1 Å². The van der Waals surface area contributed by atoms with Gasteiger partial charge in [0, 0.05) is 11.6 Å². The van der Waals surface area contributed by atoms with Crippen LogP contribution in [0.5, 0.6) is 0 Å². The van der Waals surface area contributed by atoms with Gasteiger partial charge in [-0.3, -0.25) is 9.59 Å². The van der Waals surface area contributed by atoms with E-state index in [0.717, 1.165) is 12.8 Å². The summed E-state index contributed by atoms with van der Waals surface area (Å²) in [6, 6.07) is 6.61. The summed E-state index contributed by atoms with van der Waals surface area (Å²) >= 11 is 0. The van der Waals surface area contributed by atoms with Crippen LogP contribution in [0.3, 0.4) is 0 Å². The molecule has 25 heavy (non-hydrogen) atoms. The number of fused-ring (bicyclic) bond motifs is 1. The molecule has 6 heteroatoms. The maximum Gasteiger partial charge on any atom is 0.338 e. The molecule has 3 aliphatic rings. The molecule has 0 radical (unpaired) electrons. The summed E-state index contributed by atoms with van der Waals surface area (Å²) in [5.41, 5.74) is 1.05. The highest BCUT2D eigenvalue weighted by atomic mass is 16.6. The highest BCUT2D eigenvalue weighted by molar-refractivity contribution is 5.97. The highest BCUT2D eigenvalue weighted by Crippen LogP contribution is 2.57. The quantitative estimate of drug-likeness (QED) is 0.849. The molecule has 0 unspecified atom stereocenters. The number of hydrogen-bond donors (Lipinski definition) is 1. The van der Waals surface area contributed by atoms with Crippen molar-refractivity contribution >= 4 is 23.5 Å². The molecular formula is C19H21NO5. The van der Waals surface area contributed by atoms with Crippen LogP contribution in [0.2, 0.25) is 0 Å². The predicted octanol–water partition coefficient (Wildman–Crippen LogP) is 2.39. The van der Waals surface area contributed by atoms with Crippen molar-refractivity contribution in [3.05, 3.63) is 29.8 Å². The third-order valence-electron chi connectivity index (χ3n) is 5.52. The second kappa shape index (κ2) is 5.86. The van der Waals surface area contributed by atoms with E-state index in [-0.39, 0.29) is 53.7 Å². The molecule has 2 aliphatic carbocycles. The first-order chi connectivity index (χ1) is 11.9. The smallest absolute Gasteiger partial charge is 0.338 e. The van der Waals surface area contributed by atoms with Crippen LogP contribution in [-0.2, 0) is 19.1 Å². The van der Waals surface area contributed by atoms with Crippen LogP contribution in [0.15, 0.2) is 24.3 Å². The van der Waals surface area contributed by atoms with Gasteiger partial charge in [0.25, 0.3) is 0 Å². The Morgan fingerprint density at radius 3 is 2.60 bits per heavy atom. The number of carbonyl (C=O) groups excluding carboxylic acids is 3. The van der Waals surface area contributed by atoms with Gasteiger partial charge in [0.2, 0.25) is 5.91 Å². The summed E-state index contributed by atoms with van der Waals surface area (Å²) in [7, 11) is 0. The van der Waals surface area contributed by atoms with Crippen molar-refractivity contribution in [1.29, 1.82) is 0 Å². The number of rotatable bonds is 4. The second-order valence-corrected chi connectivity index (χ2v) is 7.44. The first kappa shape index (κ1) is 16.1. The van der Waals surface area contributed by atoms with Gasteiger partial charge in [-0.05, 0) is 56.9 Å². The lowest BCUT2D eigenvalue weighted by Crippen LogP contribution is -2.35. The van der Waals surface area contributed by atoms with E-state index in [1.165, 1.54) is 0 Å². The summed E-state index contributed by atoms with van der Waals surface area (Å²) < 4.78 is 10.5. The van der Waals surface area contributed by atoms with Crippen molar-refractivity contribution in [3.8, 4) is 0 Å². The van der Waals surface area contributed by atoms with Gasteiger partial charge in [-0.25, -0.2) is 4.79 Å². The number of nitrogens with one attached hydrogen (secondary N) is 1. The number of anilines is 1. The van der Waals surface area contributed by atoms with Gasteiger partial charge >= 0.3 is 11.9 Å². The fourth-order valence-corrected chi connectivity index (χ4v) is 4.56. The fourth-order valence-electron chi connectivity index (χ4n) is 4.56. The fraction of sp³-hybridized carbons (Fsp3) is 0.526. The average molecular weight is 343 g/mol. The van der Waals surface area contributed by atoms with Gasteiger partial charge in [0.15, 0.2) is 0 Å². The largest absolute Gasteiger partial charge is 0.462 e. The molecule has 0 spiro atoms. The molecule has 1 heterocycles. The van der Waals surface area contributed by atoms with Crippen LogP contribution in [0, 0.1) is 23.7 Å². The monoisotopic (exact) mass is 343 g/mol. The van der Waals surface area contributed by atoms with Crippen LogP contribution in [0.25, 0.3) is 0 Å². The van der Waals surface area contributed by atoms with Crippen LogP contribution >= 0.6 is 0 Å². The van der Waals surface area contributed by atoms with E-state index in [1.807, 2.05) is 0 Å². The lowest BCUT2D eigenvalue weighted by molar-refractivity contribution is -0.145. The molecule has 1 N–H and O–H groups in total. The summed E-state index contributed by atoms with van der Waals surface area (Å²) in [6.45, 7) is 3.58. The SMILES string of the molecule is CC(C)OC(=O)c1ccc(NC(=O)[C@@H]2[C@@H]3C[C@@H]4[C@@H]2C(=O)O[C@H]4C3)cc1. The molecule has 1 saturated heterocycles. The standard InChI is InChI=1S/C19H21NO5/c1-9(2)24-18(22)10-3-5-12(6-4-10)20-17(21)15-11-7-13-14(8-11)25-19(23)16(13)15/h3-6,9,11,13-16H,7-8H2,1-2H3,(H,20,21)/t11-,13+,14+,15-,16+/m1/s1. The van der Waals surface area contributed by atoms with Crippen molar-refractivity contribution in [2.45, 2.75) is 38.9 Å². The summed E-state index contributed by atoms with van der Waals surface area (Å²) in [5, 5.41) is 2.88. The Hall–Kier alpha value is -2.37. The Morgan fingerprint density at radius 2 is 1.92 bits per heavy atom. The van der Waals surface area contributed by atoms with E-state index >= 15 is 0 Å². The van der Waals surface area contributed by atoms with Crippen molar-refractivity contribution in [2.75, 3.05) is 5.32 Å². The van der Waals surface area contributed by atoms with E-state index in [4.69, 9.17) is 9.47 Å². The Kier molecular flexibility index (Phi) is 3.78. The Bertz CT molecular complexity index is 724. The highest BCUT2D eigenvalue weighted by Gasteiger charge is 2.63. The summed E-state index contributed by atoms with van der Waals surface area (Å²) in [4.78, 5) is 36.6. The lowest BCUT2D eigenvalue weighted by Gasteiger charge is -2.23. The molecule has 4 rings (SSSR count). The molecule has 6 nitrogen and oxygen atoms in total. The summed E-state index contributed by atoms with van der Waals surface area (Å²) in [5.74, 6) is -0.894. The zero-order valence-corrected chi connectivity index (χ0v) is 14.2. The Balaban J connectivity index is 1.43. The zero-order chi connectivity index (χ0) is 17.7. The number of hydrogen-bond acceptors (Lipinski definition) is 5. The number of carbonyl (C=O) groups is 3.